The number of imidazole rings is 1. The summed E-state index contributed by atoms with van der Waals surface area (Å²) >= 11 is 0. The number of carboxylic acids is 2. The second-order valence-electron chi connectivity index (χ2n) is 5.11. The first-order valence-corrected chi connectivity index (χ1v) is 6.81. The lowest BCUT2D eigenvalue weighted by molar-refractivity contribution is -0.117. The van der Waals surface area contributed by atoms with E-state index in [2.05, 4.69) is 4.98 Å². The molecule has 24 heavy (non-hydrogen) atoms. The van der Waals surface area contributed by atoms with Crippen molar-refractivity contribution in [3.63, 3.8) is 0 Å². The van der Waals surface area contributed by atoms with Gasteiger partial charge >= 0.3 is 11.9 Å². The van der Waals surface area contributed by atoms with Crippen LogP contribution in [0.3, 0.4) is 0 Å². The molecule has 9 heteroatoms. The van der Waals surface area contributed by atoms with Crippen molar-refractivity contribution in [1.82, 2.24) is 9.55 Å². The lowest BCUT2D eigenvalue weighted by Crippen LogP contribution is -2.37. The van der Waals surface area contributed by atoms with Crippen molar-refractivity contribution in [1.29, 1.82) is 0 Å². The van der Waals surface area contributed by atoms with Crippen molar-refractivity contribution in [2.45, 2.75) is 13.1 Å². The van der Waals surface area contributed by atoms with Crippen LogP contribution in [-0.2, 0) is 4.79 Å². The number of anilines is 1. The number of ketones is 1. The molecular formula is C15H11N3O6. The molecular weight excluding hydrogens is 318 g/mol. The lowest BCUT2D eigenvalue weighted by Gasteiger charge is -2.24. The molecule has 1 unspecified atom stereocenters. The summed E-state index contributed by atoms with van der Waals surface area (Å²) in [4.78, 5) is 51.8. The first-order valence-electron chi connectivity index (χ1n) is 6.81. The van der Waals surface area contributed by atoms with E-state index in [0.717, 1.165) is 15.7 Å². The largest absolute Gasteiger partial charge is 0.476 e. The fourth-order valence-corrected chi connectivity index (χ4v) is 2.71. The summed E-state index contributed by atoms with van der Waals surface area (Å²) in [5.41, 5.74) is 0.0567. The molecule has 2 heterocycles. The fourth-order valence-electron chi connectivity index (χ4n) is 2.71. The van der Waals surface area contributed by atoms with Gasteiger partial charge < -0.3 is 10.2 Å². The van der Waals surface area contributed by atoms with Crippen LogP contribution in [0.1, 0.15) is 44.6 Å². The van der Waals surface area contributed by atoms with Crippen LogP contribution < -0.4 is 4.90 Å². The first kappa shape index (κ1) is 15.4. The monoisotopic (exact) mass is 329 g/mol. The van der Waals surface area contributed by atoms with E-state index < -0.39 is 41.3 Å². The molecule has 1 aromatic carbocycles. The van der Waals surface area contributed by atoms with Gasteiger partial charge in [0.15, 0.2) is 11.9 Å². The molecule has 1 amide bonds. The highest BCUT2D eigenvalue weighted by Gasteiger charge is 2.42. The number of carbonyl (C=O) groups is 4. The minimum atomic E-state index is -1.50. The Labute approximate surface area is 134 Å². The summed E-state index contributed by atoms with van der Waals surface area (Å²) in [6, 6.07) is 6.33. The maximum Gasteiger partial charge on any atom is 0.372 e. The Hall–Kier alpha value is -3.49. The minimum absolute atomic E-state index is 0.250. The third-order valence-corrected chi connectivity index (χ3v) is 3.65. The third-order valence-electron chi connectivity index (χ3n) is 3.65. The minimum Gasteiger partial charge on any atom is -0.476 e. The van der Waals surface area contributed by atoms with Gasteiger partial charge in [-0.05, 0) is 12.1 Å². The van der Waals surface area contributed by atoms with E-state index in [1.54, 1.807) is 18.2 Å². The van der Waals surface area contributed by atoms with Gasteiger partial charge in [-0.15, -0.1) is 0 Å². The number of aromatic carboxylic acids is 2. The number of rotatable bonds is 3. The number of aromatic nitrogens is 2. The molecule has 0 saturated heterocycles. The summed E-state index contributed by atoms with van der Waals surface area (Å²) < 4.78 is 0.898. The quantitative estimate of drug-likeness (QED) is 0.860. The average molecular weight is 329 g/mol. The fraction of sp³-hybridized carbons (Fsp3) is 0.133. The number of hydrogen-bond donors (Lipinski definition) is 2. The van der Waals surface area contributed by atoms with Crippen LogP contribution >= 0.6 is 0 Å². The van der Waals surface area contributed by atoms with Gasteiger partial charge in [-0.1, -0.05) is 12.1 Å². The molecule has 0 spiro atoms. The van der Waals surface area contributed by atoms with Crippen LogP contribution in [0.25, 0.3) is 0 Å². The molecule has 2 aromatic rings. The summed E-state index contributed by atoms with van der Waals surface area (Å²) in [5, 5.41) is 18.3. The van der Waals surface area contributed by atoms with Gasteiger partial charge in [0, 0.05) is 18.7 Å². The van der Waals surface area contributed by atoms with Crippen LogP contribution in [-0.4, -0.2) is 43.4 Å². The average Bonchev–Trinajstić information content (AvgIpc) is 3.07. The predicted molar refractivity (Wildman–Crippen MR) is 79.1 cm³/mol. The van der Waals surface area contributed by atoms with Crippen LogP contribution in [0.5, 0.6) is 0 Å². The lowest BCUT2D eigenvalue weighted by atomic mass is 10.1. The van der Waals surface area contributed by atoms with Crippen LogP contribution in [0.15, 0.2) is 30.5 Å². The van der Waals surface area contributed by atoms with Gasteiger partial charge in [-0.3, -0.25) is 19.1 Å². The van der Waals surface area contributed by atoms with E-state index in [1.165, 1.54) is 13.0 Å². The second kappa shape index (κ2) is 5.30. The van der Waals surface area contributed by atoms with Crippen molar-refractivity contribution in [2.75, 3.05) is 4.90 Å². The summed E-state index contributed by atoms with van der Waals surface area (Å²) in [5.74, 6) is -4.58. The maximum absolute atomic E-state index is 12.7. The molecule has 0 aliphatic carbocycles. The zero-order valence-corrected chi connectivity index (χ0v) is 12.3. The van der Waals surface area contributed by atoms with E-state index in [4.69, 9.17) is 5.11 Å². The second-order valence-corrected chi connectivity index (χ2v) is 5.11. The number of para-hydroxylation sites is 1. The van der Waals surface area contributed by atoms with Crippen molar-refractivity contribution >= 4 is 29.3 Å². The molecule has 122 valence electrons. The number of fused-ring (bicyclic) bond motifs is 1. The Morgan fingerprint density at radius 2 is 1.79 bits per heavy atom. The Bertz CT molecular complexity index is 900. The standard InChI is InChI=1S/C15H11N3O6/c1-7(19)18-10-5-3-2-4-8(10)11(20)13(18)17-6-9(14(21)22)16-12(17)15(23)24/h2-6,13H,1H3,(H,21,22)(H,23,24). The smallest absolute Gasteiger partial charge is 0.372 e. The SMILES string of the molecule is CC(=O)N1c2ccccc2C(=O)C1n1cc(C(=O)O)nc1C(=O)O. The molecule has 0 bridgehead atoms. The third kappa shape index (κ3) is 2.14. The highest BCUT2D eigenvalue weighted by atomic mass is 16.4. The van der Waals surface area contributed by atoms with Crippen molar-refractivity contribution in [3.05, 3.63) is 47.5 Å². The number of hydrogen-bond acceptors (Lipinski definition) is 5. The molecule has 1 aromatic heterocycles. The van der Waals surface area contributed by atoms with Gasteiger partial charge in [-0.25, -0.2) is 14.6 Å². The number of carbonyl (C=O) groups excluding carboxylic acids is 2. The Morgan fingerprint density at radius 1 is 1.12 bits per heavy atom. The molecule has 1 atom stereocenters. The normalized spacial score (nSPS) is 16.1. The highest BCUT2D eigenvalue weighted by Crippen LogP contribution is 2.38. The zero-order valence-electron chi connectivity index (χ0n) is 12.3. The highest BCUT2D eigenvalue weighted by molar-refractivity contribution is 6.16. The summed E-state index contributed by atoms with van der Waals surface area (Å²) in [7, 11) is 0. The summed E-state index contributed by atoms with van der Waals surface area (Å²) in [6.07, 6.45) is -0.387. The Kier molecular flexibility index (Phi) is 3.40. The number of carboxylic acid groups (broad SMARTS) is 2. The topological polar surface area (TPSA) is 130 Å². The number of nitrogens with zero attached hydrogens (tertiary/aromatic N) is 3. The molecule has 0 fully saturated rings. The molecule has 0 radical (unpaired) electrons. The van der Waals surface area contributed by atoms with Gasteiger partial charge in [0.2, 0.25) is 17.5 Å². The predicted octanol–water partition coefficient (Wildman–Crippen LogP) is 1.03. The van der Waals surface area contributed by atoms with Crippen molar-refractivity contribution in [2.24, 2.45) is 0 Å². The van der Waals surface area contributed by atoms with E-state index in [1.807, 2.05) is 0 Å². The van der Waals surface area contributed by atoms with Gasteiger partial charge in [0.25, 0.3) is 0 Å². The van der Waals surface area contributed by atoms with E-state index in [9.17, 15) is 24.3 Å². The van der Waals surface area contributed by atoms with Crippen molar-refractivity contribution in [3.8, 4) is 0 Å². The van der Waals surface area contributed by atoms with E-state index in [-0.39, 0.29) is 5.56 Å². The van der Waals surface area contributed by atoms with E-state index in [0.29, 0.717) is 5.69 Å². The Balaban J connectivity index is 2.22. The summed E-state index contributed by atoms with van der Waals surface area (Å²) in [6.45, 7) is 1.23. The molecule has 1 aliphatic rings. The molecule has 1 aliphatic heterocycles. The van der Waals surface area contributed by atoms with Crippen LogP contribution in [0, 0.1) is 0 Å². The molecule has 9 nitrogen and oxygen atoms in total. The zero-order chi connectivity index (χ0) is 17.6. The molecule has 0 saturated carbocycles. The Morgan fingerprint density at radius 3 is 2.38 bits per heavy atom. The van der Waals surface area contributed by atoms with Gasteiger partial charge in [0.05, 0.1) is 5.69 Å². The van der Waals surface area contributed by atoms with Crippen molar-refractivity contribution < 1.29 is 29.4 Å². The first-order chi connectivity index (χ1) is 11.3. The van der Waals surface area contributed by atoms with Crippen LogP contribution in [0.4, 0.5) is 5.69 Å². The van der Waals surface area contributed by atoms with Gasteiger partial charge in [0.1, 0.15) is 0 Å². The van der Waals surface area contributed by atoms with Gasteiger partial charge in [-0.2, -0.15) is 0 Å². The number of Topliss-reactive ketones (excluding diaryl/α,β-unsaturated/α-hetero) is 1. The molecule has 3 rings (SSSR count). The molecule has 2 N–H and O–H groups in total. The van der Waals surface area contributed by atoms with Crippen LogP contribution in [0.2, 0.25) is 0 Å². The van der Waals surface area contributed by atoms with E-state index >= 15 is 0 Å². The number of amides is 1. The maximum atomic E-state index is 12.7. The number of benzene rings is 1.